The van der Waals surface area contributed by atoms with Crippen molar-refractivity contribution < 1.29 is 19.0 Å². The molecule has 0 spiro atoms. The van der Waals surface area contributed by atoms with Gasteiger partial charge in [0.1, 0.15) is 11.7 Å². The first-order valence-electron chi connectivity index (χ1n) is 10.7. The third-order valence-corrected chi connectivity index (χ3v) is 5.22. The molecule has 4 heterocycles. The van der Waals surface area contributed by atoms with Crippen LogP contribution >= 0.6 is 0 Å². The zero-order valence-electron chi connectivity index (χ0n) is 18.3. The number of hydrogen-bond donors (Lipinski definition) is 2. The molecule has 1 amide bonds. The summed E-state index contributed by atoms with van der Waals surface area (Å²) < 4.78 is 16.9. The van der Waals surface area contributed by atoms with Crippen molar-refractivity contribution in [3.63, 3.8) is 0 Å². The maximum atomic E-state index is 12.2. The molecule has 168 valence electrons. The lowest BCUT2D eigenvalue weighted by Gasteiger charge is -2.33. The van der Waals surface area contributed by atoms with E-state index in [1.54, 1.807) is 17.3 Å². The summed E-state index contributed by atoms with van der Waals surface area (Å²) in [7, 11) is 0. The van der Waals surface area contributed by atoms with Crippen molar-refractivity contribution in [1.29, 1.82) is 0 Å². The van der Waals surface area contributed by atoms with E-state index in [1.807, 2.05) is 26.8 Å². The maximum Gasteiger partial charge on any atom is 0.410 e. The van der Waals surface area contributed by atoms with Crippen molar-refractivity contribution in [3.05, 3.63) is 24.2 Å². The van der Waals surface area contributed by atoms with Crippen molar-refractivity contribution in [2.45, 2.75) is 57.7 Å². The minimum atomic E-state index is -0.493. The van der Waals surface area contributed by atoms with Crippen LogP contribution in [0.1, 0.15) is 51.6 Å². The van der Waals surface area contributed by atoms with Gasteiger partial charge in [0, 0.05) is 50.2 Å². The summed E-state index contributed by atoms with van der Waals surface area (Å²) in [6.07, 6.45) is 5.34. The van der Waals surface area contributed by atoms with Gasteiger partial charge in [-0.1, -0.05) is 0 Å². The quantitative estimate of drug-likeness (QED) is 0.743. The van der Waals surface area contributed by atoms with E-state index in [0.29, 0.717) is 49.4 Å². The molecule has 2 fully saturated rings. The Bertz CT molecular complexity index is 882. The van der Waals surface area contributed by atoms with E-state index >= 15 is 0 Å². The fourth-order valence-corrected chi connectivity index (χ4v) is 3.64. The van der Waals surface area contributed by atoms with E-state index in [-0.39, 0.29) is 12.2 Å². The third kappa shape index (κ3) is 5.84. The highest BCUT2D eigenvalue weighted by Gasteiger charge is 2.28. The van der Waals surface area contributed by atoms with Gasteiger partial charge in [0.15, 0.2) is 11.6 Å². The molecule has 0 aromatic carbocycles. The molecule has 2 N–H and O–H groups in total. The fourth-order valence-electron chi connectivity index (χ4n) is 3.64. The molecular weight excluding hydrogens is 400 g/mol. The molecule has 10 heteroatoms. The second-order valence-corrected chi connectivity index (χ2v) is 8.92. The number of ether oxygens (including phenoxy) is 3. The molecule has 2 aliphatic heterocycles. The SMILES string of the molecule is CC(C)(C)OC(=O)N1CCC(Oc2cncc(Nc3cc([C@@H]4CCOC4)[nH]n3)n2)CC1. The van der Waals surface area contributed by atoms with E-state index in [9.17, 15) is 4.79 Å². The van der Waals surface area contributed by atoms with Crippen LogP contribution in [0.2, 0.25) is 0 Å². The Hall–Kier alpha value is -2.88. The second-order valence-electron chi connectivity index (χ2n) is 8.92. The molecule has 0 radical (unpaired) electrons. The number of rotatable bonds is 5. The Balaban J connectivity index is 1.29. The first-order valence-corrected chi connectivity index (χ1v) is 10.7. The number of H-pyrrole nitrogens is 1. The highest BCUT2D eigenvalue weighted by molar-refractivity contribution is 5.68. The highest BCUT2D eigenvalue weighted by atomic mass is 16.6. The van der Waals surface area contributed by atoms with Gasteiger partial charge in [0.2, 0.25) is 5.88 Å². The molecular formula is C21H30N6O4. The molecule has 2 aromatic heterocycles. The first-order chi connectivity index (χ1) is 14.9. The van der Waals surface area contributed by atoms with Gasteiger partial charge in [-0.15, -0.1) is 0 Å². The lowest BCUT2D eigenvalue weighted by atomic mass is 10.1. The molecule has 2 aromatic rings. The number of amides is 1. The topological polar surface area (TPSA) is 114 Å². The van der Waals surface area contributed by atoms with E-state index in [4.69, 9.17) is 14.2 Å². The fraction of sp³-hybridized carbons (Fsp3) is 0.619. The standard InChI is InChI=1S/C21H30N6O4/c1-21(2,3)31-20(28)27-7-4-15(5-8-27)30-19-12-22-11-18(24-19)23-17-10-16(25-26-17)14-6-9-29-13-14/h10-12,14-15H,4-9,13H2,1-3H3,(H2,23,24,25,26)/t14-/m1/s1. The predicted octanol–water partition coefficient (Wildman–Crippen LogP) is 3.23. The van der Waals surface area contributed by atoms with Crippen LogP contribution in [-0.2, 0) is 9.47 Å². The summed E-state index contributed by atoms with van der Waals surface area (Å²) in [5.41, 5.74) is 0.560. The molecule has 2 aliphatic rings. The lowest BCUT2D eigenvalue weighted by molar-refractivity contribution is 0.0123. The minimum absolute atomic E-state index is 0.0254. The monoisotopic (exact) mass is 430 g/mol. The number of carbonyl (C=O) groups excluding carboxylic acids is 1. The molecule has 10 nitrogen and oxygen atoms in total. The van der Waals surface area contributed by atoms with Crippen molar-refractivity contribution >= 4 is 17.7 Å². The Morgan fingerprint density at radius 3 is 2.74 bits per heavy atom. The summed E-state index contributed by atoms with van der Waals surface area (Å²) >= 11 is 0. The predicted molar refractivity (Wildman–Crippen MR) is 114 cm³/mol. The highest BCUT2D eigenvalue weighted by Crippen LogP contribution is 2.26. The summed E-state index contributed by atoms with van der Waals surface area (Å²) in [6, 6.07) is 1.97. The van der Waals surface area contributed by atoms with Gasteiger partial charge < -0.3 is 24.4 Å². The van der Waals surface area contributed by atoms with Crippen molar-refractivity contribution in [3.8, 4) is 5.88 Å². The molecule has 0 bridgehead atoms. The number of carbonyl (C=O) groups is 1. The number of piperidine rings is 1. The van der Waals surface area contributed by atoms with Gasteiger partial charge in [0.25, 0.3) is 0 Å². The Morgan fingerprint density at radius 2 is 2.03 bits per heavy atom. The van der Waals surface area contributed by atoms with E-state index in [1.165, 1.54) is 0 Å². The molecule has 31 heavy (non-hydrogen) atoms. The van der Waals surface area contributed by atoms with E-state index in [2.05, 4.69) is 25.5 Å². The number of likely N-dealkylation sites (tertiary alicyclic amines) is 1. The average Bonchev–Trinajstić information content (AvgIpc) is 3.39. The van der Waals surface area contributed by atoms with E-state index in [0.717, 1.165) is 25.3 Å². The molecule has 0 aliphatic carbocycles. The average molecular weight is 431 g/mol. The smallest absolute Gasteiger partial charge is 0.410 e. The van der Waals surface area contributed by atoms with Crippen LogP contribution in [0.15, 0.2) is 18.5 Å². The molecule has 1 atom stereocenters. The lowest BCUT2D eigenvalue weighted by Crippen LogP contribution is -2.44. The Labute approximate surface area is 181 Å². The summed E-state index contributed by atoms with van der Waals surface area (Å²) in [4.78, 5) is 22.6. The zero-order valence-corrected chi connectivity index (χ0v) is 18.3. The molecule has 2 saturated heterocycles. The van der Waals surface area contributed by atoms with Crippen molar-refractivity contribution in [1.82, 2.24) is 25.1 Å². The van der Waals surface area contributed by atoms with Crippen LogP contribution in [0.5, 0.6) is 5.88 Å². The number of nitrogens with zero attached hydrogens (tertiary/aromatic N) is 4. The minimum Gasteiger partial charge on any atom is -0.473 e. The van der Waals surface area contributed by atoms with Gasteiger partial charge in [0.05, 0.1) is 19.0 Å². The molecule has 0 saturated carbocycles. The van der Waals surface area contributed by atoms with Crippen LogP contribution < -0.4 is 10.1 Å². The number of anilines is 2. The van der Waals surface area contributed by atoms with E-state index < -0.39 is 5.60 Å². The normalized spacial score (nSPS) is 20.0. The van der Waals surface area contributed by atoms with Crippen LogP contribution in [0.3, 0.4) is 0 Å². The van der Waals surface area contributed by atoms with Crippen LogP contribution in [0.4, 0.5) is 16.4 Å². The largest absolute Gasteiger partial charge is 0.473 e. The Kier molecular flexibility index (Phi) is 6.26. The first kappa shape index (κ1) is 21.4. The number of aromatic amines is 1. The summed E-state index contributed by atoms with van der Waals surface area (Å²) in [6.45, 7) is 8.29. The van der Waals surface area contributed by atoms with Gasteiger partial charge in [-0.25, -0.2) is 4.79 Å². The van der Waals surface area contributed by atoms with Gasteiger partial charge >= 0.3 is 6.09 Å². The van der Waals surface area contributed by atoms with Crippen LogP contribution in [0.25, 0.3) is 0 Å². The summed E-state index contributed by atoms with van der Waals surface area (Å²) in [5, 5.41) is 10.5. The molecule has 0 unspecified atom stereocenters. The van der Waals surface area contributed by atoms with Crippen molar-refractivity contribution in [2.75, 3.05) is 31.6 Å². The second kappa shape index (κ2) is 9.09. The number of hydrogen-bond acceptors (Lipinski definition) is 8. The van der Waals surface area contributed by atoms with Crippen molar-refractivity contribution in [2.24, 2.45) is 0 Å². The third-order valence-electron chi connectivity index (χ3n) is 5.22. The Morgan fingerprint density at radius 1 is 1.23 bits per heavy atom. The number of aromatic nitrogens is 4. The molecule has 4 rings (SSSR count). The van der Waals surface area contributed by atoms with Crippen LogP contribution in [0, 0.1) is 0 Å². The van der Waals surface area contributed by atoms with Gasteiger partial charge in [-0.2, -0.15) is 10.1 Å². The van der Waals surface area contributed by atoms with Crippen LogP contribution in [-0.4, -0.2) is 69.2 Å². The van der Waals surface area contributed by atoms with Gasteiger partial charge in [-0.05, 0) is 27.2 Å². The summed E-state index contributed by atoms with van der Waals surface area (Å²) in [5.74, 6) is 2.04. The maximum absolute atomic E-state index is 12.2. The number of nitrogens with one attached hydrogen (secondary N) is 2. The zero-order chi connectivity index (χ0) is 21.8. The van der Waals surface area contributed by atoms with Gasteiger partial charge in [-0.3, -0.25) is 10.1 Å².